The van der Waals surface area contributed by atoms with Crippen molar-refractivity contribution in [3.8, 4) is 0 Å². The van der Waals surface area contributed by atoms with Crippen LogP contribution in [0, 0.1) is 17.8 Å². The van der Waals surface area contributed by atoms with Crippen molar-refractivity contribution in [1.82, 2.24) is 0 Å². The predicted octanol–water partition coefficient (Wildman–Crippen LogP) is 1.95. The lowest BCUT2D eigenvalue weighted by atomic mass is 10.1. The lowest BCUT2D eigenvalue weighted by Crippen LogP contribution is -3.13. The van der Waals surface area contributed by atoms with Crippen LogP contribution in [0.4, 0.5) is 0 Å². The maximum absolute atomic E-state index is 2.32. The van der Waals surface area contributed by atoms with Gasteiger partial charge in [0.1, 0.15) is 0 Å². The zero-order chi connectivity index (χ0) is 10.4. The van der Waals surface area contributed by atoms with Crippen LogP contribution in [0.5, 0.6) is 0 Å². The first-order valence-electron chi connectivity index (χ1n) is 5.75. The third-order valence-electron chi connectivity index (χ3n) is 2.09. The van der Waals surface area contributed by atoms with Gasteiger partial charge in [-0.15, -0.1) is 0 Å². The van der Waals surface area contributed by atoms with E-state index in [0.717, 1.165) is 17.8 Å². The molecule has 0 fully saturated rings. The van der Waals surface area contributed by atoms with E-state index < -0.39 is 0 Å². The van der Waals surface area contributed by atoms with Gasteiger partial charge in [0, 0.05) is 17.8 Å². The van der Waals surface area contributed by atoms with Crippen LogP contribution in [0.3, 0.4) is 0 Å². The standard InChI is InChI=1S/C12H27N.H/c1-10(2)7-13(8-11(3)4)9-12(5)6;/h10-12H,7-9H2,1-6H3;/q;-1/p+1. The molecule has 0 saturated carbocycles. The number of hydrogen-bond acceptors (Lipinski definition) is 0. The molecule has 13 heavy (non-hydrogen) atoms. The molecule has 0 atom stereocenters. The van der Waals surface area contributed by atoms with E-state index in [9.17, 15) is 0 Å². The normalized spacial score (nSPS) is 12.5. The fourth-order valence-electron chi connectivity index (χ4n) is 1.98. The van der Waals surface area contributed by atoms with Gasteiger partial charge in [0.15, 0.2) is 0 Å². The van der Waals surface area contributed by atoms with Crippen molar-refractivity contribution < 1.29 is 6.33 Å². The number of nitrogens with one attached hydrogen (secondary N) is 1. The van der Waals surface area contributed by atoms with Gasteiger partial charge in [0.25, 0.3) is 0 Å². The molecule has 0 aromatic carbocycles. The molecular weight excluding hydrogens is 158 g/mol. The second-order valence-corrected chi connectivity index (χ2v) is 5.54. The SMILES string of the molecule is CC(C)C[NH+](CC(C)C)CC(C)C.[H-]. The predicted molar refractivity (Wildman–Crippen MR) is 61.2 cm³/mol. The van der Waals surface area contributed by atoms with Crippen molar-refractivity contribution >= 4 is 0 Å². The molecule has 1 N–H and O–H groups in total. The van der Waals surface area contributed by atoms with Crippen LogP contribution in [0.15, 0.2) is 0 Å². The lowest BCUT2D eigenvalue weighted by molar-refractivity contribution is -0.909. The molecule has 0 radical (unpaired) electrons. The molecular formula is C12H29N. The Morgan fingerprint density at radius 3 is 1.08 bits per heavy atom. The Morgan fingerprint density at radius 1 is 0.692 bits per heavy atom. The summed E-state index contributed by atoms with van der Waals surface area (Å²) in [7, 11) is 0. The van der Waals surface area contributed by atoms with Crippen molar-refractivity contribution in [3.63, 3.8) is 0 Å². The minimum atomic E-state index is 0. The Bertz CT molecular complexity index is 97.7. The zero-order valence-electron chi connectivity index (χ0n) is 11.4. The second kappa shape index (κ2) is 6.42. The molecule has 1 heteroatoms. The minimum absolute atomic E-state index is 0. The molecule has 0 aliphatic rings. The number of rotatable bonds is 6. The summed E-state index contributed by atoms with van der Waals surface area (Å²) >= 11 is 0. The topological polar surface area (TPSA) is 4.44 Å². The van der Waals surface area contributed by atoms with Crippen LogP contribution in [0.25, 0.3) is 0 Å². The molecule has 0 aromatic heterocycles. The van der Waals surface area contributed by atoms with Crippen LogP contribution < -0.4 is 4.90 Å². The number of hydrogen-bond donors (Lipinski definition) is 1. The van der Waals surface area contributed by atoms with Gasteiger partial charge in [-0.2, -0.15) is 0 Å². The summed E-state index contributed by atoms with van der Waals surface area (Å²) in [5.74, 6) is 2.48. The highest BCUT2D eigenvalue weighted by Gasteiger charge is 2.13. The van der Waals surface area contributed by atoms with Gasteiger partial charge in [-0.1, -0.05) is 41.5 Å². The molecule has 0 rings (SSSR count). The summed E-state index contributed by atoms with van der Waals surface area (Å²) in [6, 6.07) is 0. The maximum atomic E-state index is 2.32. The molecule has 0 bridgehead atoms. The van der Waals surface area contributed by atoms with E-state index in [1.54, 1.807) is 4.90 Å². The first kappa shape index (κ1) is 13.0. The molecule has 0 unspecified atom stereocenters. The average Bonchev–Trinajstić information content (AvgIpc) is 1.80. The second-order valence-electron chi connectivity index (χ2n) is 5.54. The van der Waals surface area contributed by atoms with Gasteiger partial charge in [-0.25, -0.2) is 0 Å². The molecule has 0 saturated heterocycles. The summed E-state index contributed by atoms with van der Waals surface area (Å²) in [6.07, 6.45) is 0. The van der Waals surface area contributed by atoms with Crippen molar-refractivity contribution in [3.05, 3.63) is 0 Å². The van der Waals surface area contributed by atoms with Gasteiger partial charge in [0.05, 0.1) is 19.6 Å². The van der Waals surface area contributed by atoms with Crippen LogP contribution in [-0.4, -0.2) is 19.6 Å². The summed E-state index contributed by atoms with van der Waals surface area (Å²) in [5.41, 5.74) is 0. The monoisotopic (exact) mass is 187 g/mol. The minimum Gasteiger partial charge on any atom is -1.00 e. The molecule has 0 amide bonds. The van der Waals surface area contributed by atoms with E-state index in [1.165, 1.54) is 19.6 Å². The molecule has 1 nitrogen and oxygen atoms in total. The van der Waals surface area contributed by atoms with E-state index >= 15 is 0 Å². The third kappa shape index (κ3) is 8.29. The molecule has 0 aliphatic carbocycles. The zero-order valence-corrected chi connectivity index (χ0v) is 10.4. The first-order chi connectivity index (χ1) is 5.91. The summed E-state index contributed by atoms with van der Waals surface area (Å²) < 4.78 is 0. The Morgan fingerprint density at radius 2 is 0.923 bits per heavy atom. The summed E-state index contributed by atoms with van der Waals surface area (Å²) in [4.78, 5) is 1.78. The van der Waals surface area contributed by atoms with E-state index in [-0.39, 0.29) is 1.43 Å². The molecule has 0 aliphatic heterocycles. The van der Waals surface area contributed by atoms with E-state index in [2.05, 4.69) is 41.5 Å². The maximum Gasteiger partial charge on any atom is 0.0794 e. The number of quaternary nitrogens is 1. The van der Waals surface area contributed by atoms with Crippen molar-refractivity contribution in [2.75, 3.05) is 19.6 Å². The highest BCUT2D eigenvalue weighted by Crippen LogP contribution is 1.91. The quantitative estimate of drug-likeness (QED) is 0.648. The average molecular weight is 187 g/mol. The van der Waals surface area contributed by atoms with Crippen LogP contribution in [-0.2, 0) is 0 Å². The van der Waals surface area contributed by atoms with Crippen molar-refractivity contribution in [2.45, 2.75) is 41.5 Å². The van der Waals surface area contributed by atoms with Gasteiger partial charge in [0.2, 0.25) is 0 Å². The van der Waals surface area contributed by atoms with Gasteiger partial charge < -0.3 is 6.33 Å². The Labute approximate surface area is 86.0 Å². The molecule has 82 valence electrons. The van der Waals surface area contributed by atoms with Crippen LogP contribution in [0.1, 0.15) is 43.0 Å². The van der Waals surface area contributed by atoms with E-state index in [0.29, 0.717) is 0 Å². The fraction of sp³-hybridized carbons (Fsp3) is 1.00. The Kier molecular flexibility index (Phi) is 6.40. The molecule has 0 spiro atoms. The van der Waals surface area contributed by atoms with E-state index in [4.69, 9.17) is 0 Å². The third-order valence-corrected chi connectivity index (χ3v) is 2.09. The van der Waals surface area contributed by atoms with Gasteiger partial charge >= 0.3 is 0 Å². The Balaban J connectivity index is 0. The highest BCUT2D eigenvalue weighted by atomic mass is 15.1. The summed E-state index contributed by atoms with van der Waals surface area (Å²) in [5, 5.41) is 0. The fourth-order valence-corrected chi connectivity index (χ4v) is 1.98. The van der Waals surface area contributed by atoms with Gasteiger partial charge in [-0.05, 0) is 0 Å². The van der Waals surface area contributed by atoms with Crippen LogP contribution in [0.2, 0.25) is 0 Å². The van der Waals surface area contributed by atoms with Crippen LogP contribution >= 0.6 is 0 Å². The largest absolute Gasteiger partial charge is 1.00 e. The van der Waals surface area contributed by atoms with Crippen molar-refractivity contribution in [1.29, 1.82) is 0 Å². The highest BCUT2D eigenvalue weighted by molar-refractivity contribution is 4.45. The van der Waals surface area contributed by atoms with Gasteiger partial charge in [-0.3, -0.25) is 0 Å². The first-order valence-corrected chi connectivity index (χ1v) is 5.75. The molecule has 0 aromatic rings. The molecule has 0 heterocycles. The Hall–Kier alpha value is -0.0400. The van der Waals surface area contributed by atoms with E-state index in [1.807, 2.05) is 0 Å². The smallest absolute Gasteiger partial charge is 0.0794 e. The van der Waals surface area contributed by atoms with Crippen molar-refractivity contribution in [2.24, 2.45) is 17.8 Å². The lowest BCUT2D eigenvalue weighted by Gasteiger charge is -2.24. The summed E-state index contributed by atoms with van der Waals surface area (Å²) in [6.45, 7) is 17.9.